The van der Waals surface area contributed by atoms with Crippen LogP contribution >= 0.6 is 0 Å². The molecule has 0 aromatic carbocycles. The van der Waals surface area contributed by atoms with Crippen LogP contribution in [0.3, 0.4) is 0 Å². The van der Waals surface area contributed by atoms with Gasteiger partial charge in [-0.1, -0.05) is 6.07 Å². The molecule has 110 valence electrons. The average molecular weight is 279 g/mol. The topological polar surface area (TPSA) is 80.3 Å². The first kappa shape index (κ1) is 15.9. The highest BCUT2D eigenvalue weighted by Crippen LogP contribution is 2.07. The van der Waals surface area contributed by atoms with Crippen LogP contribution in [0.1, 0.15) is 26.5 Å². The van der Waals surface area contributed by atoms with Gasteiger partial charge in [0.2, 0.25) is 5.91 Å². The Balaban J connectivity index is 2.70. The van der Waals surface area contributed by atoms with E-state index >= 15 is 0 Å². The first-order valence-electron chi connectivity index (χ1n) is 6.43. The summed E-state index contributed by atoms with van der Waals surface area (Å²) < 4.78 is 5.15. The maximum absolute atomic E-state index is 11.8. The molecule has 0 spiro atoms. The van der Waals surface area contributed by atoms with Gasteiger partial charge in [0, 0.05) is 25.4 Å². The quantitative estimate of drug-likeness (QED) is 0.869. The zero-order valence-electron chi connectivity index (χ0n) is 12.3. The minimum absolute atomic E-state index is 0.290. The van der Waals surface area contributed by atoms with Gasteiger partial charge in [-0.3, -0.25) is 9.78 Å². The molecule has 0 aliphatic rings. The Bertz CT molecular complexity index is 454. The van der Waals surface area contributed by atoms with E-state index in [-0.39, 0.29) is 5.91 Å². The summed E-state index contributed by atoms with van der Waals surface area (Å²) in [5.74, 6) is -0.290. The molecule has 2 N–H and O–H groups in total. The van der Waals surface area contributed by atoms with Crippen molar-refractivity contribution < 1.29 is 14.3 Å². The predicted molar refractivity (Wildman–Crippen MR) is 75.2 cm³/mol. The van der Waals surface area contributed by atoms with Gasteiger partial charge in [-0.15, -0.1) is 0 Å². The number of carbonyl (C=O) groups excluding carboxylic acids is 2. The molecule has 1 aromatic heterocycles. The number of hydrogen-bond donors (Lipinski definition) is 2. The van der Waals surface area contributed by atoms with Crippen molar-refractivity contribution in [1.29, 1.82) is 0 Å². The predicted octanol–water partition coefficient (Wildman–Crippen LogP) is 1.26. The van der Waals surface area contributed by atoms with Crippen molar-refractivity contribution in [2.24, 2.45) is 0 Å². The van der Waals surface area contributed by atoms with Crippen LogP contribution < -0.4 is 10.6 Å². The standard InChI is InChI=1S/C14H21N3O3/c1-14(2,3)20-13(19)17-11(12(18)15-4)9-10-7-5-6-8-16-10/h5-8,11H,9H2,1-4H3,(H,15,18)(H,17,19). The van der Waals surface area contributed by atoms with Crippen LogP contribution in [-0.4, -0.2) is 35.7 Å². The van der Waals surface area contributed by atoms with Gasteiger partial charge in [-0.05, 0) is 32.9 Å². The first-order valence-corrected chi connectivity index (χ1v) is 6.43. The lowest BCUT2D eigenvalue weighted by Gasteiger charge is -2.22. The molecule has 2 amide bonds. The number of likely N-dealkylation sites (N-methyl/N-ethyl adjacent to an activating group) is 1. The van der Waals surface area contributed by atoms with Crippen LogP contribution in [0, 0.1) is 0 Å². The van der Waals surface area contributed by atoms with Crippen LogP contribution in [0.25, 0.3) is 0 Å². The Morgan fingerprint density at radius 1 is 1.35 bits per heavy atom. The van der Waals surface area contributed by atoms with E-state index in [1.165, 1.54) is 7.05 Å². The van der Waals surface area contributed by atoms with E-state index in [1.54, 1.807) is 39.1 Å². The van der Waals surface area contributed by atoms with E-state index < -0.39 is 17.7 Å². The molecule has 0 bridgehead atoms. The molecule has 1 aromatic rings. The fourth-order valence-electron chi connectivity index (χ4n) is 1.56. The summed E-state index contributed by atoms with van der Waals surface area (Å²) in [5.41, 5.74) is 0.111. The maximum atomic E-state index is 11.8. The average Bonchev–Trinajstić information content (AvgIpc) is 2.36. The molecular formula is C14H21N3O3. The smallest absolute Gasteiger partial charge is 0.408 e. The van der Waals surface area contributed by atoms with E-state index in [0.717, 1.165) is 5.69 Å². The van der Waals surface area contributed by atoms with Crippen molar-refractivity contribution in [3.8, 4) is 0 Å². The van der Waals surface area contributed by atoms with Crippen molar-refractivity contribution in [2.45, 2.75) is 38.8 Å². The van der Waals surface area contributed by atoms with E-state index in [1.807, 2.05) is 6.07 Å². The van der Waals surface area contributed by atoms with Crippen LogP contribution in [-0.2, 0) is 16.0 Å². The van der Waals surface area contributed by atoms with Gasteiger partial charge >= 0.3 is 6.09 Å². The third-order valence-electron chi connectivity index (χ3n) is 2.39. The second-order valence-corrected chi connectivity index (χ2v) is 5.34. The lowest BCUT2D eigenvalue weighted by Crippen LogP contribution is -2.48. The number of nitrogens with one attached hydrogen (secondary N) is 2. The molecule has 0 fully saturated rings. The molecule has 1 unspecified atom stereocenters. The molecule has 6 heteroatoms. The lowest BCUT2D eigenvalue weighted by atomic mass is 10.1. The van der Waals surface area contributed by atoms with Gasteiger partial charge < -0.3 is 15.4 Å². The minimum Gasteiger partial charge on any atom is -0.444 e. The molecule has 1 heterocycles. The number of ether oxygens (including phenoxy) is 1. The number of hydrogen-bond acceptors (Lipinski definition) is 4. The molecule has 1 atom stereocenters. The van der Waals surface area contributed by atoms with Crippen molar-refractivity contribution in [3.05, 3.63) is 30.1 Å². The Hall–Kier alpha value is -2.11. The molecule has 0 aliphatic heterocycles. The second-order valence-electron chi connectivity index (χ2n) is 5.34. The largest absolute Gasteiger partial charge is 0.444 e. The zero-order chi connectivity index (χ0) is 15.2. The fraction of sp³-hybridized carbons (Fsp3) is 0.500. The van der Waals surface area contributed by atoms with Gasteiger partial charge in [0.1, 0.15) is 11.6 Å². The van der Waals surface area contributed by atoms with Gasteiger partial charge in [-0.25, -0.2) is 4.79 Å². The number of amides is 2. The molecule has 0 saturated heterocycles. The monoisotopic (exact) mass is 279 g/mol. The molecule has 1 rings (SSSR count). The fourth-order valence-corrected chi connectivity index (χ4v) is 1.56. The highest BCUT2D eigenvalue weighted by Gasteiger charge is 2.24. The molecule has 20 heavy (non-hydrogen) atoms. The zero-order valence-corrected chi connectivity index (χ0v) is 12.3. The van der Waals surface area contributed by atoms with Crippen molar-refractivity contribution in [1.82, 2.24) is 15.6 Å². The molecule has 0 saturated carbocycles. The SMILES string of the molecule is CNC(=O)C(Cc1ccccn1)NC(=O)OC(C)(C)C. The van der Waals surface area contributed by atoms with Gasteiger partial charge in [0.05, 0.1) is 0 Å². The number of aromatic nitrogens is 1. The number of rotatable bonds is 4. The summed E-state index contributed by atoms with van der Waals surface area (Å²) in [6.07, 6.45) is 1.32. The van der Waals surface area contributed by atoms with Crippen molar-refractivity contribution >= 4 is 12.0 Å². The summed E-state index contributed by atoms with van der Waals surface area (Å²) >= 11 is 0. The van der Waals surface area contributed by atoms with Crippen LogP contribution in [0.15, 0.2) is 24.4 Å². The van der Waals surface area contributed by atoms with E-state index in [4.69, 9.17) is 4.74 Å². The van der Waals surface area contributed by atoms with Crippen molar-refractivity contribution in [2.75, 3.05) is 7.05 Å². The second kappa shape index (κ2) is 6.88. The van der Waals surface area contributed by atoms with Crippen LogP contribution in [0.4, 0.5) is 4.79 Å². The number of pyridine rings is 1. The minimum atomic E-state index is -0.718. The number of nitrogens with zero attached hydrogens (tertiary/aromatic N) is 1. The number of alkyl carbamates (subject to hydrolysis) is 1. The molecule has 0 aliphatic carbocycles. The van der Waals surface area contributed by atoms with E-state index in [0.29, 0.717) is 6.42 Å². The molecular weight excluding hydrogens is 258 g/mol. The molecule has 0 radical (unpaired) electrons. The summed E-state index contributed by atoms with van der Waals surface area (Å²) in [6, 6.07) is 4.70. The number of carbonyl (C=O) groups is 2. The Labute approximate surface area is 118 Å². The maximum Gasteiger partial charge on any atom is 0.408 e. The highest BCUT2D eigenvalue weighted by molar-refractivity contribution is 5.85. The van der Waals surface area contributed by atoms with Gasteiger partial charge in [0.25, 0.3) is 0 Å². The van der Waals surface area contributed by atoms with E-state index in [2.05, 4.69) is 15.6 Å². The van der Waals surface area contributed by atoms with Gasteiger partial charge in [-0.2, -0.15) is 0 Å². The Morgan fingerprint density at radius 2 is 2.05 bits per heavy atom. The highest BCUT2D eigenvalue weighted by atomic mass is 16.6. The lowest BCUT2D eigenvalue weighted by molar-refractivity contribution is -0.122. The third-order valence-corrected chi connectivity index (χ3v) is 2.39. The van der Waals surface area contributed by atoms with Crippen LogP contribution in [0.5, 0.6) is 0 Å². The Kier molecular flexibility index (Phi) is 5.49. The summed E-state index contributed by atoms with van der Waals surface area (Å²) in [5, 5.41) is 5.08. The van der Waals surface area contributed by atoms with Gasteiger partial charge in [0.15, 0.2) is 0 Å². The summed E-state index contributed by atoms with van der Waals surface area (Å²) in [7, 11) is 1.52. The summed E-state index contributed by atoms with van der Waals surface area (Å²) in [4.78, 5) is 27.7. The summed E-state index contributed by atoms with van der Waals surface area (Å²) in [6.45, 7) is 5.29. The molecule has 6 nitrogen and oxygen atoms in total. The van der Waals surface area contributed by atoms with E-state index in [9.17, 15) is 9.59 Å². The Morgan fingerprint density at radius 3 is 2.55 bits per heavy atom. The first-order chi connectivity index (χ1) is 9.31. The normalized spacial score (nSPS) is 12.4. The van der Waals surface area contributed by atoms with Crippen molar-refractivity contribution in [3.63, 3.8) is 0 Å². The van der Waals surface area contributed by atoms with Crippen LogP contribution in [0.2, 0.25) is 0 Å². The third kappa shape index (κ3) is 5.69.